The van der Waals surface area contributed by atoms with Gasteiger partial charge in [0.05, 0.1) is 22.9 Å². The van der Waals surface area contributed by atoms with Crippen LogP contribution in [-0.2, 0) is 4.79 Å². The SMILES string of the molecule is O=C(CNc1ccccc1Oc1ccccc1)Nc1cc2c(cc1Cl)OCCO2. The maximum absolute atomic E-state index is 12.4. The monoisotopic (exact) mass is 410 g/mol. The van der Waals surface area contributed by atoms with Crippen molar-refractivity contribution in [3.05, 3.63) is 71.8 Å². The molecule has 4 rings (SSSR count). The first-order chi connectivity index (χ1) is 14.2. The molecule has 3 aromatic rings. The molecule has 0 aliphatic carbocycles. The molecule has 0 saturated heterocycles. The van der Waals surface area contributed by atoms with Gasteiger partial charge in [0.25, 0.3) is 0 Å². The fraction of sp³-hybridized carbons (Fsp3) is 0.136. The smallest absolute Gasteiger partial charge is 0.243 e. The van der Waals surface area contributed by atoms with E-state index in [9.17, 15) is 4.79 Å². The van der Waals surface area contributed by atoms with Crippen molar-refractivity contribution in [1.29, 1.82) is 0 Å². The van der Waals surface area contributed by atoms with E-state index in [1.165, 1.54) is 0 Å². The van der Waals surface area contributed by atoms with Crippen molar-refractivity contribution in [2.45, 2.75) is 0 Å². The summed E-state index contributed by atoms with van der Waals surface area (Å²) in [5, 5.41) is 6.27. The van der Waals surface area contributed by atoms with Gasteiger partial charge in [0.2, 0.25) is 5.91 Å². The molecule has 148 valence electrons. The number of anilines is 2. The molecule has 1 aliphatic heterocycles. The molecule has 2 N–H and O–H groups in total. The Hall–Kier alpha value is -3.38. The van der Waals surface area contributed by atoms with Crippen molar-refractivity contribution in [1.82, 2.24) is 0 Å². The van der Waals surface area contributed by atoms with Crippen LogP contribution in [0, 0.1) is 0 Å². The van der Waals surface area contributed by atoms with Crippen molar-refractivity contribution in [3.8, 4) is 23.0 Å². The molecule has 1 amide bonds. The Morgan fingerprint density at radius 1 is 0.931 bits per heavy atom. The number of fused-ring (bicyclic) bond motifs is 1. The molecule has 6 nitrogen and oxygen atoms in total. The molecule has 3 aromatic carbocycles. The van der Waals surface area contributed by atoms with Crippen LogP contribution in [0.5, 0.6) is 23.0 Å². The minimum atomic E-state index is -0.252. The van der Waals surface area contributed by atoms with E-state index in [2.05, 4.69) is 10.6 Å². The largest absolute Gasteiger partial charge is 0.486 e. The normalized spacial score (nSPS) is 12.2. The van der Waals surface area contributed by atoms with E-state index < -0.39 is 0 Å². The molecular weight excluding hydrogens is 392 g/mol. The van der Waals surface area contributed by atoms with E-state index in [0.717, 1.165) is 0 Å². The molecule has 29 heavy (non-hydrogen) atoms. The zero-order chi connectivity index (χ0) is 20.1. The van der Waals surface area contributed by atoms with Crippen LogP contribution in [0.3, 0.4) is 0 Å². The van der Waals surface area contributed by atoms with Gasteiger partial charge in [-0.15, -0.1) is 0 Å². The lowest BCUT2D eigenvalue weighted by atomic mass is 10.2. The van der Waals surface area contributed by atoms with E-state index in [-0.39, 0.29) is 12.5 Å². The quantitative estimate of drug-likeness (QED) is 0.601. The van der Waals surface area contributed by atoms with E-state index >= 15 is 0 Å². The zero-order valence-corrected chi connectivity index (χ0v) is 16.2. The molecule has 0 spiro atoms. The van der Waals surface area contributed by atoms with Crippen LogP contribution in [0.4, 0.5) is 11.4 Å². The summed E-state index contributed by atoms with van der Waals surface area (Å²) in [6.07, 6.45) is 0. The highest BCUT2D eigenvalue weighted by Crippen LogP contribution is 2.38. The van der Waals surface area contributed by atoms with Crippen LogP contribution in [0.25, 0.3) is 0 Å². The number of para-hydroxylation sites is 3. The second-order valence-electron chi connectivity index (χ2n) is 6.29. The van der Waals surface area contributed by atoms with Crippen molar-refractivity contribution < 1.29 is 19.0 Å². The van der Waals surface area contributed by atoms with Crippen LogP contribution >= 0.6 is 11.6 Å². The molecule has 1 aliphatic rings. The Morgan fingerprint density at radius 3 is 2.41 bits per heavy atom. The van der Waals surface area contributed by atoms with Crippen molar-refractivity contribution >= 4 is 28.9 Å². The van der Waals surface area contributed by atoms with Gasteiger partial charge < -0.3 is 24.8 Å². The number of carbonyl (C=O) groups is 1. The highest BCUT2D eigenvalue weighted by molar-refractivity contribution is 6.34. The van der Waals surface area contributed by atoms with E-state index in [1.807, 2.05) is 54.6 Å². The average Bonchev–Trinajstić information content (AvgIpc) is 2.74. The number of halogens is 1. The van der Waals surface area contributed by atoms with Crippen LogP contribution in [0.1, 0.15) is 0 Å². The average molecular weight is 411 g/mol. The van der Waals surface area contributed by atoms with Crippen molar-refractivity contribution in [2.75, 3.05) is 30.4 Å². The molecule has 7 heteroatoms. The molecule has 0 saturated carbocycles. The minimum absolute atomic E-state index is 0.0416. The number of ether oxygens (including phenoxy) is 3. The fourth-order valence-electron chi connectivity index (χ4n) is 2.85. The van der Waals surface area contributed by atoms with Gasteiger partial charge in [-0.1, -0.05) is 41.9 Å². The van der Waals surface area contributed by atoms with Gasteiger partial charge in [0.15, 0.2) is 17.2 Å². The third kappa shape index (κ3) is 4.73. The number of nitrogens with one attached hydrogen (secondary N) is 2. The molecule has 0 bridgehead atoms. The number of rotatable bonds is 6. The summed E-state index contributed by atoms with van der Waals surface area (Å²) in [5.41, 5.74) is 1.18. The second-order valence-corrected chi connectivity index (χ2v) is 6.70. The molecule has 1 heterocycles. The summed E-state index contributed by atoms with van der Waals surface area (Å²) < 4.78 is 16.9. The first-order valence-corrected chi connectivity index (χ1v) is 9.51. The summed E-state index contributed by atoms with van der Waals surface area (Å²) in [6.45, 7) is 0.977. The van der Waals surface area contributed by atoms with Gasteiger partial charge in [-0.2, -0.15) is 0 Å². The Labute approximate surface area is 173 Å². The number of hydrogen-bond acceptors (Lipinski definition) is 5. The standard InChI is InChI=1S/C22H19ClN2O4/c23-16-12-20-21(28-11-10-27-20)13-18(16)25-22(26)14-24-17-8-4-5-9-19(17)29-15-6-2-1-3-7-15/h1-9,12-13,24H,10-11,14H2,(H,25,26). The Bertz CT molecular complexity index is 1010. The maximum atomic E-state index is 12.4. The number of hydrogen-bond donors (Lipinski definition) is 2. The summed E-state index contributed by atoms with van der Waals surface area (Å²) in [5.74, 6) is 2.23. The number of carbonyl (C=O) groups excluding carboxylic acids is 1. The van der Waals surface area contributed by atoms with Crippen LogP contribution in [0.15, 0.2) is 66.7 Å². The predicted octanol–water partition coefficient (Wildman–Crippen LogP) is 4.95. The summed E-state index contributed by atoms with van der Waals surface area (Å²) in [7, 11) is 0. The van der Waals surface area contributed by atoms with Gasteiger partial charge in [-0.05, 0) is 24.3 Å². The molecule has 0 fully saturated rings. The first-order valence-electron chi connectivity index (χ1n) is 9.14. The molecule has 0 radical (unpaired) electrons. The summed E-state index contributed by atoms with van der Waals surface area (Å²) in [4.78, 5) is 12.4. The van der Waals surface area contributed by atoms with E-state index in [4.69, 9.17) is 25.8 Å². The summed E-state index contributed by atoms with van der Waals surface area (Å²) in [6, 6.07) is 20.2. The molecule has 0 atom stereocenters. The maximum Gasteiger partial charge on any atom is 0.243 e. The minimum Gasteiger partial charge on any atom is -0.486 e. The lowest BCUT2D eigenvalue weighted by Crippen LogP contribution is -2.22. The van der Waals surface area contributed by atoms with Crippen LogP contribution in [0.2, 0.25) is 5.02 Å². The lowest BCUT2D eigenvalue weighted by Gasteiger charge is -2.20. The van der Waals surface area contributed by atoms with Crippen LogP contribution in [-0.4, -0.2) is 25.7 Å². The zero-order valence-electron chi connectivity index (χ0n) is 15.5. The van der Waals surface area contributed by atoms with Gasteiger partial charge in [0.1, 0.15) is 19.0 Å². The third-order valence-electron chi connectivity index (χ3n) is 4.20. The Balaban J connectivity index is 1.40. The van der Waals surface area contributed by atoms with Gasteiger partial charge in [-0.3, -0.25) is 4.79 Å². The molecular formula is C22H19ClN2O4. The number of amides is 1. The van der Waals surface area contributed by atoms with Gasteiger partial charge >= 0.3 is 0 Å². The number of benzene rings is 3. The van der Waals surface area contributed by atoms with E-state index in [1.54, 1.807) is 12.1 Å². The van der Waals surface area contributed by atoms with Crippen molar-refractivity contribution in [3.63, 3.8) is 0 Å². The molecule has 0 unspecified atom stereocenters. The predicted molar refractivity (Wildman–Crippen MR) is 113 cm³/mol. The van der Waals surface area contributed by atoms with Crippen molar-refractivity contribution in [2.24, 2.45) is 0 Å². The lowest BCUT2D eigenvalue weighted by molar-refractivity contribution is -0.114. The highest BCUT2D eigenvalue weighted by Gasteiger charge is 2.16. The van der Waals surface area contributed by atoms with Crippen LogP contribution < -0.4 is 24.8 Å². The Kier molecular flexibility index (Phi) is 5.72. The third-order valence-corrected chi connectivity index (χ3v) is 4.52. The second kappa shape index (κ2) is 8.75. The molecule has 0 aromatic heterocycles. The fourth-order valence-corrected chi connectivity index (χ4v) is 3.05. The Morgan fingerprint density at radius 2 is 1.62 bits per heavy atom. The van der Waals surface area contributed by atoms with Gasteiger partial charge in [-0.25, -0.2) is 0 Å². The summed E-state index contributed by atoms with van der Waals surface area (Å²) >= 11 is 6.25. The topological polar surface area (TPSA) is 68.8 Å². The van der Waals surface area contributed by atoms with E-state index in [0.29, 0.717) is 52.6 Å². The highest BCUT2D eigenvalue weighted by atomic mass is 35.5. The first kappa shape index (κ1) is 19.0. The van der Waals surface area contributed by atoms with Gasteiger partial charge in [0, 0.05) is 12.1 Å².